The summed E-state index contributed by atoms with van der Waals surface area (Å²) in [6.07, 6.45) is 4.50. The van der Waals surface area contributed by atoms with Gasteiger partial charge in [-0.2, -0.15) is 0 Å². The number of likely N-dealkylation sites (tertiary alicyclic amines) is 1. The zero-order valence-corrected chi connectivity index (χ0v) is 11.2. The molecule has 1 fully saturated rings. The summed E-state index contributed by atoms with van der Waals surface area (Å²) in [5.74, 6) is 0.808. The van der Waals surface area contributed by atoms with Gasteiger partial charge in [-0.15, -0.1) is 0 Å². The number of unbranched alkanes of at least 4 members (excludes halogenated alkanes) is 1. The van der Waals surface area contributed by atoms with Crippen LogP contribution in [0.1, 0.15) is 25.7 Å². The van der Waals surface area contributed by atoms with Crippen LogP contribution in [-0.4, -0.2) is 63.1 Å². The van der Waals surface area contributed by atoms with Crippen molar-refractivity contribution in [3.05, 3.63) is 0 Å². The largest absolute Gasteiger partial charge is 0.396 e. The molecule has 1 atom stereocenters. The predicted octanol–water partition coefficient (Wildman–Crippen LogP) is 0.707. The Morgan fingerprint density at radius 2 is 2.24 bits per heavy atom. The SMILES string of the molecule is CNCC1CCCN(CCOCCCCO)C1. The zero-order valence-electron chi connectivity index (χ0n) is 11.2. The van der Waals surface area contributed by atoms with Crippen molar-refractivity contribution >= 4 is 0 Å². The number of hydrogen-bond donors (Lipinski definition) is 2. The lowest BCUT2D eigenvalue weighted by Crippen LogP contribution is -2.40. The van der Waals surface area contributed by atoms with Gasteiger partial charge >= 0.3 is 0 Å². The molecule has 2 N–H and O–H groups in total. The van der Waals surface area contributed by atoms with E-state index in [9.17, 15) is 0 Å². The highest BCUT2D eigenvalue weighted by molar-refractivity contribution is 4.73. The van der Waals surface area contributed by atoms with E-state index in [1.165, 1.54) is 25.9 Å². The third-order valence-electron chi connectivity index (χ3n) is 3.34. The van der Waals surface area contributed by atoms with E-state index >= 15 is 0 Å². The maximum absolute atomic E-state index is 8.64. The van der Waals surface area contributed by atoms with Gasteiger partial charge in [0.1, 0.15) is 0 Å². The number of hydrogen-bond acceptors (Lipinski definition) is 4. The summed E-state index contributed by atoms with van der Waals surface area (Å²) in [5, 5.41) is 11.9. The van der Waals surface area contributed by atoms with Gasteiger partial charge in [0.2, 0.25) is 0 Å². The highest BCUT2D eigenvalue weighted by Crippen LogP contribution is 2.15. The van der Waals surface area contributed by atoms with Gasteiger partial charge in [-0.3, -0.25) is 0 Å². The van der Waals surface area contributed by atoms with Crippen LogP contribution in [0.15, 0.2) is 0 Å². The normalized spacial score (nSPS) is 21.9. The molecule has 0 aliphatic carbocycles. The maximum atomic E-state index is 8.64. The Kier molecular flexibility index (Phi) is 8.61. The molecule has 1 rings (SSSR count). The van der Waals surface area contributed by atoms with Gasteiger partial charge in [-0.05, 0) is 51.7 Å². The number of aliphatic hydroxyl groups is 1. The molecule has 4 nitrogen and oxygen atoms in total. The first-order valence-electron chi connectivity index (χ1n) is 6.92. The molecule has 0 amide bonds. The quantitative estimate of drug-likeness (QED) is 0.586. The van der Waals surface area contributed by atoms with Crippen molar-refractivity contribution in [2.45, 2.75) is 25.7 Å². The fourth-order valence-corrected chi connectivity index (χ4v) is 2.42. The summed E-state index contributed by atoms with van der Waals surface area (Å²) in [4.78, 5) is 2.51. The average Bonchev–Trinajstić information content (AvgIpc) is 2.35. The molecule has 1 saturated heterocycles. The van der Waals surface area contributed by atoms with Crippen molar-refractivity contribution in [1.82, 2.24) is 10.2 Å². The van der Waals surface area contributed by atoms with E-state index in [1.54, 1.807) is 0 Å². The summed E-state index contributed by atoms with van der Waals surface area (Å²) in [7, 11) is 2.03. The van der Waals surface area contributed by atoms with Gasteiger partial charge < -0.3 is 20.1 Å². The number of rotatable bonds is 9. The van der Waals surface area contributed by atoms with E-state index in [1.807, 2.05) is 7.05 Å². The lowest BCUT2D eigenvalue weighted by Gasteiger charge is -2.32. The summed E-state index contributed by atoms with van der Waals surface area (Å²) >= 11 is 0. The van der Waals surface area contributed by atoms with Crippen molar-refractivity contribution in [2.24, 2.45) is 5.92 Å². The molecule has 0 aromatic rings. The van der Waals surface area contributed by atoms with Crippen LogP contribution in [0.5, 0.6) is 0 Å². The van der Waals surface area contributed by atoms with E-state index in [0.29, 0.717) is 0 Å². The minimum absolute atomic E-state index is 0.279. The smallest absolute Gasteiger partial charge is 0.0593 e. The van der Waals surface area contributed by atoms with Crippen LogP contribution in [0.3, 0.4) is 0 Å². The van der Waals surface area contributed by atoms with Crippen LogP contribution in [0.25, 0.3) is 0 Å². The second kappa shape index (κ2) is 9.83. The van der Waals surface area contributed by atoms with Gasteiger partial charge in [0, 0.05) is 26.3 Å². The Morgan fingerprint density at radius 1 is 1.35 bits per heavy atom. The number of nitrogens with one attached hydrogen (secondary N) is 1. The van der Waals surface area contributed by atoms with Crippen LogP contribution >= 0.6 is 0 Å². The molecule has 1 unspecified atom stereocenters. The molecule has 17 heavy (non-hydrogen) atoms. The van der Waals surface area contributed by atoms with Gasteiger partial charge in [0.05, 0.1) is 6.61 Å². The molecule has 0 bridgehead atoms. The van der Waals surface area contributed by atoms with Crippen molar-refractivity contribution in [3.63, 3.8) is 0 Å². The Morgan fingerprint density at radius 3 is 3.00 bits per heavy atom. The van der Waals surface area contributed by atoms with Crippen molar-refractivity contribution in [1.29, 1.82) is 0 Å². The molecule has 1 aliphatic heterocycles. The minimum atomic E-state index is 0.279. The number of nitrogens with zero attached hydrogens (tertiary/aromatic N) is 1. The first-order chi connectivity index (χ1) is 8.36. The second-order valence-corrected chi connectivity index (χ2v) is 4.91. The Balaban J connectivity index is 1.98. The summed E-state index contributed by atoms with van der Waals surface area (Å²) in [6, 6.07) is 0. The Bertz CT molecular complexity index is 177. The second-order valence-electron chi connectivity index (χ2n) is 4.91. The highest BCUT2D eigenvalue weighted by Gasteiger charge is 2.18. The lowest BCUT2D eigenvalue weighted by molar-refractivity contribution is 0.0810. The average molecular weight is 244 g/mol. The molecular weight excluding hydrogens is 216 g/mol. The van der Waals surface area contributed by atoms with Crippen LogP contribution < -0.4 is 5.32 Å². The molecule has 1 heterocycles. The molecular formula is C13H28N2O2. The first kappa shape index (κ1) is 14.9. The van der Waals surface area contributed by atoms with Gasteiger partial charge in [0.25, 0.3) is 0 Å². The van der Waals surface area contributed by atoms with Gasteiger partial charge in [-0.1, -0.05) is 0 Å². The summed E-state index contributed by atoms with van der Waals surface area (Å²) in [5.41, 5.74) is 0. The van der Waals surface area contributed by atoms with E-state index < -0.39 is 0 Å². The predicted molar refractivity (Wildman–Crippen MR) is 70.2 cm³/mol. The van der Waals surface area contributed by atoms with Crippen LogP contribution in [0.2, 0.25) is 0 Å². The van der Waals surface area contributed by atoms with Crippen LogP contribution in [0, 0.1) is 5.92 Å². The van der Waals surface area contributed by atoms with E-state index in [2.05, 4.69) is 10.2 Å². The first-order valence-corrected chi connectivity index (χ1v) is 6.92. The third kappa shape index (κ3) is 6.99. The maximum Gasteiger partial charge on any atom is 0.0593 e. The zero-order chi connectivity index (χ0) is 12.3. The molecule has 0 aromatic carbocycles. The number of piperidine rings is 1. The number of aliphatic hydroxyl groups excluding tert-OH is 1. The van der Waals surface area contributed by atoms with Gasteiger partial charge in [-0.25, -0.2) is 0 Å². The Hall–Kier alpha value is -0.160. The fraction of sp³-hybridized carbons (Fsp3) is 1.00. The van der Waals surface area contributed by atoms with Crippen LogP contribution in [-0.2, 0) is 4.74 Å². The molecule has 0 aromatic heterocycles. The fourth-order valence-electron chi connectivity index (χ4n) is 2.42. The number of ether oxygens (including phenoxy) is 1. The topological polar surface area (TPSA) is 44.7 Å². The third-order valence-corrected chi connectivity index (χ3v) is 3.34. The molecule has 4 heteroatoms. The van der Waals surface area contributed by atoms with Crippen molar-refractivity contribution < 1.29 is 9.84 Å². The lowest BCUT2D eigenvalue weighted by atomic mass is 9.98. The molecule has 0 saturated carbocycles. The molecule has 0 radical (unpaired) electrons. The molecule has 0 spiro atoms. The van der Waals surface area contributed by atoms with Crippen molar-refractivity contribution in [3.8, 4) is 0 Å². The van der Waals surface area contributed by atoms with Gasteiger partial charge in [0.15, 0.2) is 0 Å². The Labute approximate surface area is 105 Å². The van der Waals surface area contributed by atoms with E-state index in [4.69, 9.17) is 9.84 Å². The molecule has 102 valence electrons. The molecule has 1 aliphatic rings. The van der Waals surface area contributed by atoms with E-state index in [0.717, 1.165) is 45.1 Å². The monoisotopic (exact) mass is 244 g/mol. The van der Waals surface area contributed by atoms with Crippen LogP contribution in [0.4, 0.5) is 0 Å². The van der Waals surface area contributed by atoms with E-state index in [-0.39, 0.29) is 6.61 Å². The standard InChI is InChI=1S/C13H28N2O2/c1-14-11-13-5-4-6-15(12-13)7-10-17-9-3-2-8-16/h13-14,16H,2-12H2,1H3. The summed E-state index contributed by atoms with van der Waals surface area (Å²) < 4.78 is 5.57. The highest BCUT2D eigenvalue weighted by atomic mass is 16.5. The van der Waals surface area contributed by atoms with Crippen molar-refractivity contribution in [2.75, 3.05) is 53.0 Å². The summed E-state index contributed by atoms with van der Waals surface area (Å²) in [6.45, 7) is 6.52. The minimum Gasteiger partial charge on any atom is -0.396 e.